The molecule has 0 aromatic heterocycles. The van der Waals surface area contributed by atoms with Crippen LogP contribution in [0.15, 0.2) is 46.9 Å². The molecule has 0 spiro atoms. The summed E-state index contributed by atoms with van der Waals surface area (Å²) in [5, 5.41) is 0. The number of rotatable bonds is 4. The third-order valence-electron chi connectivity index (χ3n) is 2.86. The highest BCUT2D eigenvalue weighted by Crippen LogP contribution is 2.19. The quantitative estimate of drug-likeness (QED) is 0.784. The summed E-state index contributed by atoms with van der Waals surface area (Å²) in [6, 6.07) is 13.2. The van der Waals surface area contributed by atoms with Gasteiger partial charge < -0.3 is 4.74 Å². The molecule has 98 valence electrons. The van der Waals surface area contributed by atoms with Crippen LogP contribution in [0.2, 0.25) is 0 Å². The zero-order valence-electron chi connectivity index (χ0n) is 10.9. The standard InChI is InChI=1S/C16H15BrO2/c1-11-3-8-16(12(2)9-11)19-10-15(18)13-4-6-14(17)7-5-13/h3-9H,10H2,1-2H3. The Hall–Kier alpha value is -1.61. The fourth-order valence-electron chi connectivity index (χ4n) is 1.82. The van der Waals surface area contributed by atoms with Crippen molar-refractivity contribution in [3.05, 3.63) is 63.6 Å². The van der Waals surface area contributed by atoms with E-state index in [2.05, 4.69) is 15.9 Å². The van der Waals surface area contributed by atoms with E-state index < -0.39 is 0 Å². The van der Waals surface area contributed by atoms with Gasteiger partial charge in [0.1, 0.15) is 5.75 Å². The van der Waals surface area contributed by atoms with Gasteiger partial charge in [0.25, 0.3) is 0 Å². The van der Waals surface area contributed by atoms with Gasteiger partial charge in [0.05, 0.1) is 0 Å². The molecule has 0 aliphatic carbocycles. The number of hydrogen-bond donors (Lipinski definition) is 0. The van der Waals surface area contributed by atoms with Crippen LogP contribution in [-0.4, -0.2) is 12.4 Å². The summed E-state index contributed by atoms with van der Waals surface area (Å²) in [7, 11) is 0. The second kappa shape index (κ2) is 6.02. The van der Waals surface area contributed by atoms with Gasteiger partial charge in [0.2, 0.25) is 0 Å². The topological polar surface area (TPSA) is 26.3 Å². The van der Waals surface area contributed by atoms with Crippen LogP contribution in [0.1, 0.15) is 21.5 Å². The Morgan fingerprint density at radius 2 is 1.79 bits per heavy atom. The first-order valence-corrected chi connectivity index (χ1v) is 6.84. The first-order chi connectivity index (χ1) is 9.06. The fourth-order valence-corrected chi connectivity index (χ4v) is 2.09. The Kier molecular flexibility index (Phi) is 4.38. The molecule has 0 saturated carbocycles. The lowest BCUT2D eigenvalue weighted by Gasteiger charge is -2.09. The van der Waals surface area contributed by atoms with Crippen LogP contribution in [-0.2, 0) is 0 Å². The normalized spacial score (nSPS) is 10.3. The lowest BCUT2D eigenvalue weighted by Crippen LogP contribution is -2.12. The molecule has 0 aliphatic rings. The maximum absolute atomic E-state index is 12.0. The first kappa shape index (κ1) is 13.8. The summed E-state index contributed by atoms with van der Waals surface area (Å²) in [5.41, 5.74) is 2.89. The third-order valence-corrected chi connectivity index (χ3v) is 3.38. The van der Waals surface area contributed by atoms with E-state index in [9.17, 15) is 4.79 Å². The number of carbonyl (C=O) groups excluding carboxylic acids is 1. The van der Waals surface area contributed by atoms with Gasteiger partial charge in [-0.15, -0.1) is 0 Å². The predicted molar refractivity (Wildman–Crippen MR) is 79.9 cm³/mol. The average molecular weight is 319 g/mol. The van der Waals surface area contributed by atoms with Crippen LogP contribution in [0.5, 0.6) is 5.75 Å². The third kappa shape index (κ3) is 3.67. The lowest BCUT2D eigenvalue weighted by atomic mass is 10.1. The smallest absolute Gasteiger partial charge is 0.200 e. The number of aryl methyl sites for hydroxylation is 2. The molecule has 0 radical (unpaired) electrons. The van der Waals surface area contributed by atoms with Crippen molar-refractivity contribution in [3.63, 3.8) is 0 Å². The van der Waals surface area contributed by atoms with Gasteiger partial charge in [0, 0.05) is 10.0 Å². The Bertz CT molecular complexity index is 588. The maximum atomic E-state index is 12.0. The van der Waals surface area contributed by atoms with Crippen molar-refractivity contribution in [2.24, 2.45) is 0 Å². The fraction of sp³-hybridized carbons (Fsp3) is 0.188. The number of benzene rings is 2. The molecule has 0 amide bonds. The van der Waals surface area contributed by atoms with E-state index in [1.807, 2.05) is 44.2 Å². The number of ether oxygens (including phenoxy) is 1. The molecule has 0 N–H and O–H groups in total. The van der Waals surface area contributed by atoms with Gasteiger partial charge in [-0.1, -0.05) is 45.8 Å². The lowest BCUT2D eigenvalue weighted by molar-refractivity contribution is 0.0921. The monoisotopic (exact) mass is 318 g/mol. The minimum absolute atomic E-state index is 0.0209. The minimum atomic E-state index is -0.0209. The van der Waals surface area contributed by atoms with Gasteiger partial charge in [-0.05, 0) is 37.6 Å². The Balaban J connectivity index is 2.02. The Labute approximate surface area is 121 Å². The van der Waals surface area contributed by atoms with Gasteiger partial charge in [-0.3, -0.25) is 4.79 Å². The van der Waals surface area contributed by atoms with Gasteiger partial charge in [-0.2, -0.15) is 0 Å². The summed E-state index contributed by atoms with van der Waals surface area (Å²) in [6.07, 6.45) is 0. The first-order valence-electron chi connectivity index (χ1n) is 6.05. The second-order valence-corrected chi connectivity index (χ2v) is 5.40. The predicted octanol–water partition coefficient (Wildman–Crippen LogP) is 4.33. The van der Waals surface area contributed by atoms with E-state index in [-0.39, 0.29) is 12.4 Å². The van der Waals surface area contributed by atoms with Crippen LogP contribution < -0.4 is 4.74 Å². The number of halogens is 1. The summed E-state index contributed by atoms with van der Waals surface area (Å²) in [5.74, 6) is 0.739. The van der Waals surface area contributed by atoms with E-state index in [1.165, 1.54) is 5.56 Å². The van der Waals surface area contributed by atoms with E-state index in [0.29, 0.717) is 5.56 Å². The number of ketones is 1. The van der Waals surface area contributed by atoms with Crippen LogP contribution in [0.25, 0.3) is 0 Å². The van der Waals surface area contributed by atoms with Crippen LogP contribution in [0.4, 0.5) is 0 Å². The van der Waals surface area contributed by atoms with Crippen molar-refractivity contribution in [3.8, 4) is 5.75 Å². The molecular weight excluding hydrogens is 304 g/mol. The second-order valence-electron chi connectivity index (χ2n) is 4.49. The van der Waals surface area contributed by atoms with Crippen molar-refractivity contribution < 1.29 is 9.53 Å². The molecule has 0 fully saturated rings. The van der Waals surface area contributed by atoms with Gasteiger partial charge >= 0.3 is 0 Å². The summed E-state index contributed by atoms with van der Waals surface area (Å²) < 4.78 is 6.53. The SMILES string of the molecule is Cc1ccc(OCC(=O)c2ccc(Br)cc2)c(C)c1. The molecule has 0 atom stereocenters. The van der Waals surface area contributed by atoms with E-state index in [0.717, 1.165) is 15.8 Å². The molecule has 0 unspecified atom stereocenters. The minimum Gasteiger partial charge on any atom is -0.485 e. The number of hydrogen-bond acceptors (Lipinski definition) is 2. The van der Waals surface area contributed by atoms with Crippen molar-refractivity contribution in [1.82, 2.24) is 0 Å². The summed E-state index contributed by atoms with van der Waals surface area (Å²) >= 11 is 3.34. The molecule has 2 aromatic carbocycles. The van der Waals surface area contributed by atoms with Crippen LogP contribution in [0.3, 0.4) is 0 Å². The summed E-state index contributed by atoms with van der Waals surface area (Å²) in [6.45, 7) is 4.07. The van der Waals surface area contributed by atoms with Gasteiger partial charge in [0.15, 0.2) is 12.4 Å². The van der Waals surface area contributed by atoms with E-state index in [1.54, 1.807) is 12.1 Å². The van der Waals surface area contributed by atoms with Gasteiger partial charge in [-0.25, -0.2) is 0 Å². The zero-order valence-corrected chi connectivity index (χ0v) is 12.5. The molecule has 19 heavy (non-hydrogen) atoms. The Morgan fingerprint density at radius 1 is 1.11 bits per heavy atom. The highest BCUT2D eigenvalue weighted by atomic mass is 79.9. The molecule has 2 aromatic rings. The molecule has 0 aliphatic heterocycles. The van der Waals surface area contributed by atoms with Crippen molar-refractivity contribution in [2.75, 3.05) is 6.61 Å². The van der Waals surface area contributed by atoms with Crippen molar-refractivity contribution in [1.29, 1.82) is 0 Å². The van der Waals surface area contributed by atoms with Crippen molar-refractivity contribution in [2.45, 2.75) is 13.8 Å². The van der Waals surface area contributed by atoms with E-state index in [4.69, 9.17) is 4.74 Å². The summed E-state index contributed by atoms with van der Waals surface area (Å²) in [4.78, 5) is 12.0. The van der Waals surface area contributed by atoms with Crippen LogP contribution >= 0.6 is 15.9 Å². The highest BCUT2D eigenvalue weighted by molar-refractivity contribution is 9.10. The molecule has 0 saturated heterocycles. The molecule has 0 bridgehead atoms. The van der Waals surface area contributed by atoms with E-state index >= 15 is 0 Å². The molecular formula is C16H15BrO2. The molecule has 3 heteroatoms. The Morgan fingerprint density at radius 3 is 2.42 bits per heavy atom. The highest BCUT2D eigenvalue weighted by Gasteiger charge is 2.07. The largest absolute Gasteiger partial charge is 0.485 e. The van der Waals surface area contributed by atoms with Crippen molar-refractivity contribution >= 4 is 21.7 Å². The average Bonchev–Trinajstić information content (AvgIpc) is 2.38. The van der Waals surface area contributed by atoms with Crippen LogP contribution in [0, 0.1) is 13.8 Å². The number of carbonyl (C=O) groups is 1. The zero-order chi connectivity index (χ0) is 13.8. The molecule has 2 nitrogen and oxygen atoms in total. The number of Topliss-reactive ketones (excluding diaryl/α,β-unsaturated/α-hetero) is 1. The molecule has 2 rings (SSSR count). The molecule has 0 heterocycles. The maximum Gasteiger partial charge on any atom is 0.200 e.